The fraction of sp³-hybridized carbons (Fsp3) is 0.909. The number of amidine groups is 1. The van der Waals surface area contributed by atoms with Crippen LogP contribution in [0.4, 0.5) is 0 Å². The second kappa shape index (κ2) is 4.12. The van der Waals surface area contributed by atoms with Gasteiger partial charge >= 0.3 is 0 Å². The molecule has 0 aromatic heterocycles. The molecule has 0 aromatic rings. The highest BCUT2D eigenvalue weighted by Crippen LogP contribution is 2.29. The van der Waals surface area contributed by atoms with Crippen LogP contribution in [0.2, 0.25) is 0 Å². The Morgan fingerprint density at radius 1 is 1.08 bits per heavy atom. The topological polar surface area (TPSA) is 38.4 Å². The van der Waals surface area contributed by atoms with Gasteiger partial charge in [0, 0.05) is 12.5 Å². The van der Waals surface area contributed by atoms with Crippen LogP contribution >= 0.6 is 0 Å². The van der Waals surface area contributed by atoms with E-state index in [1.807, 2.05) is 0 Å². The molecule has 0 bridgehead atoms. The van der Waals surface area contributed by atoms with E-state index in [0.717, 1.165) is 18.3 Å². The Balaban J connectivity index is 1.73. The average Bonchev–Trinajstić information content (AvgIpc) is 2.99. The van der Waals surface area contributed by atoms with Crippen LogP contribution in [0.25, 0.3) is 0 Å². The Kier molecular flexibility index (Phi) is 2.87. The van der Waals surface area contributed by atoms with Gasteiger partial charge in [0.25, 0.3) is 0 Å². The minimum Gasteiger partial charge on any atom is -0.387 e. The molecular weight excluding hydrogens is 160 g/mol. The van der Waals surface area contributed by atoms with Gasteiger partial charge in [0.1, 0.15) is 0 Å². The van der Waals surface area contributed by atoms with E-state index >= 15 is 0 Å². The Hall–Kier alpha value is -0.530. The summed E-state index contributed by atoms with van der Waals surface area (Å²) >= 11 is 0. The van der Waals surface area contributed by atoms with Crippen LogP contribution in [-0.4, -0.2) is 12.4 Å². The van der Waals surface area contributed by atoms with E-state index in [0.29, 0.717) is 5.92 Å². The SMILES string of the molecule is NC(=NCC1CCCCC1)C1CC1. The Morgan fingerprint density at radius 3 is 2.38 bits per heavy atom. The fourth-order valence-corrected chi connectivity index (χ4v) is 2.11. The average molecular weight is 180 g/mol. The van der Waals surface area contributed by atoms with Gasteiger partial charge in [0.05, 0.1) is 5.84 Å². The zero-order valence-corrected chi connectivity index (χ0v) is 8.34. The van der Waals surface area contributed by atoms with Crippen molar-refractivity contribution in [2.24, 2.45) is 22.6 Å². The molecule has 74 valence electrons. The monoisotopic (exact) mass is 180 g/mol. The third kappa shape index (κ3) is 2.71. The maximum absolute atomic E-state index is 5.85. The second-order valence-corrected chi connectivity index (χ2v) is 4.54. The molecule has 0 heterocycles. The Morgan fingerprint density at radius 2 is 1.77 bits per heavy atom. The number of nitrogens with two attached hydrogens (primary N) is 1. The number of aliphatic imine (C=N–C) groups is 1. The predicted octanol–water partition coefficient (Wildman–Crippen LogP) is 2.33. The summed E-state index contributed by atoms with van der Waals surface area (Å²) in [6, 6.07) is 0. The number of hydrogen-bond acceptors (Lipinski definition) is 1. The van der Waals surface area contributed by atoms with Crippen LogP contribution in [0.1, 0.15) is 44.9 Å². The van der Waals surface area contributed by atoms with Gasteiger partial charge in [-0.2, -0.15) is 0 Å². The van der Waals surface area contributed by atoms with E-state index < -0.39 is 0 Å². The molecule has 2 rings (SSSR count). The molecular formula is C11H20N2. The minimum atomic E-state index is 0.656. The smallest absolute Gasteiger partial charge is 0.0968 e. The molecule has 13 heavy (non-hydrogen) atoms. The molecule has 2 nitrogen and oxygen atoms in total. The summed E-state index contributed by atoms with van der Waals surface area (Å²) in [5, 5.41) is 0. The summed E-state index contributed by atoms with van der Waals surface area (Å²) in [4.78, 5) is 4.50. The van der Waals surface area contributed by atoms with Gasteiger partial charge in [0.2, 0.25) is 0 Å². The molecule has 0 aliphatic heterocycles. The van der Waals surface area contributed by atoms with Crippen molar-refractivity contribution in [3.63, 3.8) is 0 Å². The van der Waals surface area contributed by atoms with Gasteiger partial charge in [-0.15, -0.1) is 0 Å². The first-order valence-electron chi connectivity index (χ1n) is 5.66. The minimum absolute atomic E-state index is 0.656. The molecule has 2 aliphatic rings. The Bertz CT molecular complexity index is 188. The first-order valence-corrected chi connectivity index (χ1v) is 5.66. The van der Waals surface area contributed by atoms with Crippen LogP contribution in [-0.2, 0) is 0 Å². The fourth-order valence-electron chi connectivity index (χ4n) is 2.11. The van der Waals surface area contributed by atoms with Crippen LogP contribution in [0.3, 0.4) is 0 Å². The van der Waals surface area contributed by atoms with E-state index in [1.54, 1.807) is 0 Å². The summed E-state index contributed by atoms with van der Waals surface area (Å²) in [6.07, 6.45) is 9.55. The molecule has 0 atom stereocenters. The van der Waals surface area contributed by atoms with Crippen molar-refractivity contribution in [1.82, 2.24) is 0 Å². The summed E-state index contributed by atoms with van der Waals surface area (Å²) in [7, 11) is 0. The molecule has 0 saturated heterocycles. The lowest BCUT2D eigenvalue weighted by Crippen LogP contribution is -2.17. The molecule has 2 fully saturated rings. The van der Waals surface area contributed by atoms with Gasteiger partial charge in [-0.25, -0.2) is 0 Å². The highest BCUT2D eigenvalue weighted by molar-refractivity contribution is 5.84. The van der Waals surface area contributed by atoms with Gasteiger partial charge in [-0.1, -0.05) is 19.3 Å². The van der Waals surface area contributed by atoms with E-state index in [9.17, 15) is 0 Å². The molecule has 0 radical (unpaired) electrons. The van der Waals surface area contributed by atoms with Crippen LogP contribution in [0.5, 0.6) is 0 Å². The lowest BCUT2D eigenvalue weighted by Gasteiger charge is -2.19. The zero-order valence-electron chi connectivity index (χ0n) is 8.34. The van der Waals surface area contributed by atoms with Crippen molar-refractivity contribution in [3.8, 4) is 0 Å². The molecule has 2 heteroatoms. The first-order chi connectivity index (χ1) is 6.36. The number of nitrogens with zero attached hydrogens (tertiary/aromatic N) is 1. The quantitative estimate of drug-likeness (QED) is 0.525. The standard InChI is InChI=1S/C11H20N2/c12-11(10-6-7-10)13-8-9-4-2-1-3-5-9/h9-10H,1-8H2,(H2,12,13). The van der Waals surface area contributed by atoms with Crippen molar-refractivity contribution >= 4 is 5.84 Å². The van der Waals surface area contributed by atoms with Crippen LogP contribution < -0.4 is 5.73 Å². The van der Waals surface area contributed by atoms with Gasteiger partial charge in [0.15, 0.2) is 0 Å². The van der Waals surface area contributed by atoms with E-state index in [-0.39, 0.29) is 0 Å². The van der Waals surface area contributed by atoms with Crippen molar-refractivity contribution in [3.05, 3.63) is 0 Å². The summed E-state index contributed by atoms with van der Waals surface area (Å²) in [5.41, 5.74) is 5.85. The van der Waals surface area contributed by atoms with Crippen molar-refractivity contribution < 1.29 is 0 Å². The predicted molar refractivity (Wildman–Crippen MR) is 55.8 cm³/mol. The normalized spacial score (nSPS) is 26.3. The molecule has 0 unspecified atom stereocenters. The lowest BCUT2D eigenvalue weighted by atomic mass is 9.89. The van der Waals surface area contributed by atoms with E-state index in [1.165, 1.54) is 44.9 Å². The van der Waals surface area contributed by atoms with Gasteiger partial charge in [-0.05, 0) is 31.6 Å². The maximum atomic E-state index is 5.85. The maximum Gasteiger partial charge on any atom is 0.0968 e. The van der Waals surface area contributed by atoms with Gasteiger partial charge < -0.3 is 5.73 Å². The number of hydrogen-bond donors (Lipinski definition) is 1. The van der Waals surface area contributed by atoms with Crippen molar-refractivity contribution in [2.45, 2.75) is 44.9 Å². The summed E-state index contributed by atoms with van der Waals surface area (Å²) in [6.45, 7) is 1.00. The lowest BCUT2D eigenvalue weighted by molar-refractivity contribution is 0.366. The molecule has 0 aromatic carbocycles. The zero-order chi connectivity index (χ0) is 9.10. The van der Waals surface area contributed by atoms with Gasteiger partial charge in [-0.3, -0.25) is 4.99 Å². The molecule has 2 N–H and O–H groups in total. The highest BCUT2D eigenvalue weighted by atomic mass is 14.9. The van der Waals surface area contributed by atoms with Crippen LogP contribution in [0.15, 0.2) is 4.99 Å². The first kappa shape index (κ1) is 9.04. The highest BCUT2D eigenvalue weighted by Gasteiger charge is 2.25. The second-order valence-electron chi connectivity index (χ2n) is 4.54. The van der Waals surface area contributed by atoms with Crippen molar-refractivity contribution in [1.29, 1.82) is 0 Å². The molecule has 0 spiro atoms. The van der Waals surface area contributed by atoms with Crippen LogP contribution in [0, 0.1) is 11.8 Å². The van der Waals surface area contributed by atoms with E-state index in [4.69, 9.17) is 5.73 Å². The third-order valence-electron chi connectivity index (χ3n) is 3.25. The third-order valence-corrected chi connectivity index (χ3v) is 3.25. The Labute approximate surface area is 80.6 Å². The van der Waals surface area contributed by atoms with Crippen molar-refractivity contribution in [2.75, 3.05) is 6.54 Å². The largest absolute Gasteiger partial charge is 0.387 e. The molecule has 0 amide bonds. The molecule has 2 saturated carbocycles. The summed E-state index contributed by atoms with van der Waals surface area (Å²) in [5.74, 6) is 2.43. The summed E-state index contributed by atoms with van der Waals surface area (Å²) < 4.78 is 0. The number of rotatable bonds is 3. The molecule has 2 aliphatic carbocycles. The van der Waals surface area contributed by atoms with E-state index in [2.05, 4.69) is 4.99 Å².